The number of fused-ring (bicyclic) bond motifs is 7. The Hall–Kier alpha value is -7.94. The molecule has 0 radical (unpaired) electrons. The molecule has 1 aliphatic rings. The van der Waals surface area contributed by atoms with Crippen LogP contribution in [0.15, 0.2) is 237 Å². The molecule has 2 nitrogen and oxygen atoms in total. The highest BCUT2D eigenvalue weighted by atomic mass is 15.1. The highest BCUT2D eigenvalue weighted by molar-refractivity contribution is 6.25. The van der Waals surface area contributed by atoms with Crippen molar-refractivity contribution in [2.75, 3.05) is 4.90 Å². The summed E-state index contributed by atoms with van der Waals surface area (Å²) >= 11 is 0. The second-order valence-corrected chi connectivity index (χ2v) is 16.4. The van der Waals surface area contributed by atoms with E-state index in [1.54, 1.807) is 0 Å². The Balaban J connectivity index is 0.967. The molecule has 1 atom stereocenters. The smallest absolute Gasteiger partial charge is 0.0547 e. The number of hydrogen-bond donors (Lipinski definition) is 0. The van der Waals surface area contributed by atoms with Gasteiger partial charge in [0.15, 0.2) is 0 Å². The average Bonchev–Trinajstić information content (AvgIpc) is 3.70. The first-order valence-electron chi connectivity index (χ1n) is 21.6. The first-order valence-corrected chi connectivity index (χ1v) is 21.6. The minimum Gasteiger partial charge on any atom is -0.310 e. The third-order valence-electron chi connectivity index (χ3n) is 12.9. The predicted molar refractivity (Wildman–Crippen MR) is 264 cm³/mol. The molecule has 0 aliphatic heterocycles. The zero-order valence-electron chi connectivity index (χ0n) is 34.2. The van der Waals surface area contributed by atoms with E-state index in [1.807, 2.05) is 0 Å². The lowest BCUT2D eigenvalue weighted by Gasteiger charge is -2.27. The second kappa shape index (κ2) is 15.0. The summed E-state index contributed by atoms with van der Waals surface area (Å²) in [5.41, 5.74) is 13.2. The highest BCUT2D eigenvalue weighted by Gasteiger charge is 2.21. The van der Waals surface area contributed by atoms with E-state index in [4.69, 9.17) is 0 Å². The van der Waals surface area contributed by atoms with Gasteiger partial charge in [-0.25, -0.2) is 0 Å². The van der Waals surface area contributed by atoms with E-state index in [1.165, 1.54) is 82.0 Å². The van der Waals surface area contributed by atoms with Gasteiger partial charge in [0.25, 0.3) is 0 Å². The Kier molecular flexibility index (Phi) is 8.67. The Bertz CT molecular complexity index is 3550. The quantitative estimate of drug-likeness (QED) is 0.156. The summed E-state index contributed by atoms with van der Waals surface area (Å²) in [6.45, 7) is 0. The SMILES string of the molecule is C1=CC(c2cccc3ccccc23)CC=C1c1ccc(N(c2cccc(-c3cccc4c3c3c5ccccc5ccc3n4-c3ccccc3)c2)c2ccc3ccccc3c2)cc1. The molecule has 1 aromatic heterocycles. The van der Waals surface area contributed by atoms with Crippen LogP contribution in [-0.2, 0) is 0 Å². The molecular formula is C60H42N2. The van der Waals surface area contributed by atoms with E-state index >= 15 is 0 Å². The largest absolute Gasteiger partial charge is 0.310 e. The molecule has 11 aromatic rings. The predicted octanol–water partition coefficient (Wildman–Crippen LogP) is 16.5. The zero-order chi connectivity index (χ0) is 41.0. The minimum atomic E-state index is 0.360. The number of allylic oxidation sites excluding steroid dienone is 4. The van der Waals surface area contributed by atoms with Gasteiger partial charge in [-0.15, -0.1) is 0 Å². The van der Waals surface area contributed by atoms with Gasteiger partial charge in [-0.1, -0.05) is 176 Å². The van der Waals surface area contributed by atoms with Crippen molar-refractivity contribution in [3.05, 3.63) is 248 Å². The minimum absolute atomic E-state index is 0.360. The van der Waals surface area contributed by atoms with Gasteiger partial charge >= 0.3 is 0 Å². The maximum absolute atomic E-state index is 2.42. The Labute approximate surface area is 361 Å². The molecule has 10 aromatic carbocycles. The molecule has 0 saturated heterocycles. The molecular weight excluding hydrogens is 749 g/mol. The van der Waals surface area contributed by atoms with E-state index in [0.717, 1.165) is 29.2 Å². The van der Waals surface area contributed by atoms with Crippen molar-refractivity contribution in [3.8, 4) is 16.8 Å². The standard InChI is InChI=1S/C60H42N2/c1-2-19-49(20-3-1)62-57-26-12-25-56(60(57)59-55-23-9-7-15-45(55)34-38-58(59)62)48-18-10-21-51(40-48)61(52-37-33-41-13-4-5-16-47(41)39-52)50-35-31-43(32-36-50)42-27-29-46(30-28-42)54-24-11-17-44-14-6-8-22-53(44)54/h1-29,31-40,46H,30H2. The number of para-hydroxylation sites is 1. The van der Waals surface area contributed by atoms with E-state index in [-0.39, 0.29) is 0 Å². The molecule has 0 saturated carbocycles. The number of aromatic nitrogens is 1. The summed E-state index contributed by atoms with van der Waals surface area (Å²) in [6.07, 6.45) is 8.08. The van der Waals surface area contributed by atoms with Gasteiger partial charge in [-0.3, -0.25) is 0 Å². The molecule has 12 rings (SSSR count). The van der Waals surface area contributed by atoms with Crippen LogP contribution in [0.3, 0.4) is 0 Å². The first-order chi connectivity index (χ1) is 30.7. The van der Waals surface area contributed by atoms with Crippen LogP contribution in [0.25, 0.3) is 76.5 Å². The molecule has 0 spiro atoms. The van der Waals surface area contributed by atoms with E-state index in [2.05, 4.69) is 246 Å². The summed E-state index contributed by atoms with van der Waals surface area (Å²) in [7, 11) is 0. The molecule has 0 N–H and O–H groups in total. The van der Waals surface area contributed by atoms with Crippen molar-refractivity contribution >= 4 is 76.8 Å². The maximum atomic E-state index is 2.42. The lowest BCUT2D eigenvalue weighted by atomic mass is 9.86. The average molecular weight is 791 g/mol. The van der Waals surface area contributed by atoms with Gasteiger partial charge in [0.1, 0.15) is 0 Å². The van der Waals surface area contributed by atoms with E-state index in [0.29, 0.717) is 5.92 Å². The fraction of sp³-hybridized carbons (Fsp3) is 0.0333. The van der Waals surface area contributed by atoms with Crippen LogP contribution in [-0.4, -0.2) is 4.57 Å². The molecule has 1 aliphatic carbocycles. The fourth-order valence-electron chi connectivity index (χ4n) is 9.94. The molecule has 62 heavy (non-hydrogen) atoms. The number of rotatable bonds is 7. The van der Waals surface area contributed by atoms with Crippen molar-refractivity contribution in [1.82, 2.24) is 4.57 Å². The zero-order valence-corrected chi connectivity index (χ0v) is 34.2. The Morgan fingerprint density at radius 2 is 1.06 bits per heavy atom. The number of nitrogens with zero attached hydrogens (tertiary/aromatic N) is 2. The lowest BCUT2D eigenvalue weighted by molar-refractivity contribution is 0.865. The van der Waals surface area contributed by atoms with E-state index in [9.17, 15) is 0 Å². The van der Waals surface area contributed by atoms with Crippen LogP contribution in [0.5, 0.6) is 0 Å². The van der Waals surface area contributed by atoms with Crippen molar-refractivity contribution in [2.45, 2.75) is 12.3 Å². The number of hydrogen-bond acceptors (Lipinski definition) is 1. The van der Waals surface area contributed by atoms with Crippen LogP contribution in [0, 0.1) is 0 Å². The number of benzene rings is 10. The summed E-state index contributed by atoms with van der Waals surface area (Å²) in [5, 5.41) is 10.1. The van der Waals surface area contributed by atoms with Gasteiger partial charge in [-0.05, 0) is 127 Å². The third kappa shape index (κ3) is 6.11. The third-order valence-corrected chi connectivity index (χ3v) is 12.9. The maximum Gasteiger partial charge on any atom is 0.0547 e. The van der Waals surface area contributed by atoms with Gasteiger partial charge in [0.05, 0.1) is 11.0 Å². The summed E-state index contributed by atoms with van der Waals surface area (Å²) in [6, 6.07) is 79.9. The molecule has 292 valence electrons. The van der Waals surface area contributed by atoms with Crippen LogP contribution in [0.1, 0.15) is 23.5 Å². The molecule has 0 fully saturated rings. The molecule has 1 heterocycles. The Morgan fingerprint density at radius 3 is 1.89 bits per heavy atom. The van der Waals surface area contributed by atoms with Crippen LogP contribution >= 0.6 is 0 Å². The molecule has 2 heteroatoms. The molecule has 1 unspecified atom stereocenters. The summed E-state index contributed by atoms with van der Waals surface area (Å²) < 4.78 is 2.42. The topological polar surface area (TPSA) is 8.17 Å². The normalized spacial score (nSPS) is 13.9. The summed E-state index contributed by atoms with van der Waals surface area (Å²) in [5.74, 6) is 0.360. The van der Waals surface area contributed by atoms with Crippen LogP contribution in [0.2, 0.25) is 0 Å². The van der Waals surface area contributed by atoms with Gasteiger partial charge in [0, 0.05) is 39.4 Å². The number of anilines is 3. The van der Waals surface area contributed by atoms with E-state index < -0.39 is 0 Å². The van der Waals surface area contributed by atoms with Crippen LogP contribution in [0.4, 0.5) is 17.1 Å². The monoisotopic (exact) mass is 790 g/mol. The first kappa shape index (κ1) is 36.0. The van der Waals surface area contributed by atoms with Gasteiger partial charge in [0.2, 0.25) is 0 Å². The molecule has 0 bridgehead atoms. The molecule has 0 amide bonds. The highest BCUT2D eigenvalue weighted by Crippen LogP contribution is 2.44. The second-order valence-electron chi connectivity index (χ2n) is 16.4. The lowest BCUT2D eigenvalue weighted by Crippen LogP contribution is -2.10. The van der Waals surface area contributed by atoms with Crippen LogP contribution < -0.4 is 4.90 Å². The Morgan fingerprint density at radius 1 is 0.419 bits per heavy atom. The van der Waals surface area contributed by atoms with Gasteiger partial charge in [-0.2, -0.15) is 0 Å². The van der Waals surface area contributed by atoms with Crippen molar-refractivity contribution in [3.63, 3.8) is 0 Å². The van der Waals surface area contributed by atoms with Crippen molar-refractivity contribution in [2.24, 2.45) is 0 Å². The van der Waals surface area contributed by atoms with Crippen molar-refractivity contribution in [1.29, 1.82) is 0 Å². The summed E-state index contributed by atoms with van der Waals surface area (Å²) in [4.78, 5) is 2.41. The van der Waals surface area contributed by atoms with Gasteiger partial charge < -0.3 is 9.47 Å². The fourth-order valence-corrected chi connectivity index (χ4v) is 9.94. The van der Waals surface area contributed by atoms with Crippen molar-refractivity contribution < 1.29 is 0 Å².